The van der Waals surface area contributed by atoms with Gasteiger partial charge in [0.15, 0.2) is 5.78 Å². The monoisotopic (exact) mass is 358 g/mol. The number of benzene rings is 3. The number of ketones is 1. The molecule has 0 atom stereocenters. The third-order valence-electron chi connectivity index (χ3n) is 3.88. The van der Waals surface area contributed by atoms with E-state index in [1.165, 1.54) is 13.2 Å². The van der Waals surface area contributed by atoms with Crippen LogP contribution in [-0.2, 0) is 0 Å². The van der Waals surface area contributed by atoms with Crippen LogP contribution < -0.4 is 9.47 Å². The van der Waals surface area contributed by atoms with E-state index in [4.69, 9.17) is 9.47 Å². The van der Waals surface area contributed by atoms with Gasteiger partial charge in [-0.25, -0.2) is 4.79 Å². The summed E-state index contributed by atoms with van der Waals surface area (Å²) >= 11 is 0. The number of hydrogen-bond acceptors (Lipinski definition) is 4. The van der Waals surface area contributed by atoms with E-state index in [1.807, 2.05) is 24.3 Å². The summed E-state index contributed by atoms with van der Waals surface area (Å²) in [6.07, 6.45) is 3.19. The van der Waals surface area contributed by atoms with Crippen molar-refractivity contribution in [2.75, 3.05) is 7.11 Å². The Kier molecular flexibility index (Phi) is 5.80. The van der Waals surface area contributed by atoms with Crippen molar-refractivity contribution in [1.29, 1.82) is 0 Å². The molecule has 0 amide bonds. The second-order valence-electron chi connectivity index (χ2n) is 5.73. The lowest BCUT2D eigenvalue weighted by atomic mass is 10.1. The summed E-state index contributed by atoms with van der Waals surface area (Å²) < 4.78 is 10.6. The highest BCUT2D eigenvalue weighted by Gasteiger charge is 2.13. The largest absolute Gasteiger partial charge is 0.496 e. The maximum absolute atomic E-state index is 12.4. The van der Waals surface area contributed by atoms with Gasteiger partial charge in [0, 0.05) is 5.56 Å². The van der Waals surface area contributed by atoms with Crippen LogP contribution in [0.4, 0.5) is 0 Å². The molecule has 0 saturated heterocycles. The number of hydrogen-bond donors (Lipinski definition) is 0. The van der Waals surface area contributed by atoms with E-state index >= 15 is 0 Å². The van der Waals surface area contributed by atoms with E-state index < -0.39 is 5.97 Å². The molecule has 0 aliphatic carbocycles. The van der Waals surface area contributed by atoms with E-state index in [2.05, 4.69) is 0 Å². The van der Waals surface area contributed by atoms with Crippen LogP contribution in [0.25, 0.3) is 6.08 Å². The minimum absolute atomic E-state index is 0.0907. The van der Waals surface area contributed by atoms with Crippen molar-refractivity contribution >= 4 is 17.8 Å². The Morgan fingerprint density at radius 1 is 0.852 bits per heavy atom. The van der Waals surface area contributed by atoms with Crippen molar-refractivity contribution in [1.82, 2.24) is 0 Å². The van der Waals surface area contributed by atoms with Crippen molar-refractivity contribution in [2.24, 2.45) is 0 Å². The van der Waals surface area contributed by atoms with Crippen LogP contribution >= 0.6 is 0 Å². The van der Waals surface area contributed by atoms with Gasteiger partial charge in [-0.05, 0) is 35.9 Å². The average Bonchev–Trinajstić information content (AvgIpc) is 2.73. The standard InChI is InChI=1S/C23H18O4/c1-26-22-13-6-5-12-20(22)23(25)27-19-11-7-8-17(16-19)14-15-21(24)18-9-3-2-4-10-18/h2-16H,1H3/b15-14+. The molecule has 0 bridgehead atoms. The van der Waals surface area contributed by atoms with Gasteiger partial charge in [-0.15, -0.1) is 0 Å². The molecule has 3 aromatic rings. The van der Waals surface area contributed by atoms with E-state index in [0.29, 0.717) is 22.6 Å². The maximum Gasteiger partial charge on any atom is 0.347 e. The molecule has 0 N–H and O–H groups in total. The van der Waals surface area contributed by atoms with Crippen molar-refractivity contribution < 1.29 is 19.1 Å². The highest BCUT2D eigenvalue weighted by Crippen LogP contribution is 2.21. The summed E-state index contributed by atoms with van der Waals surface area (Å²) in [6.45, 7) is 0. The first kappa shape index (κ1) is 18.1. The zero-order valence-electron chi connectivity index (χ0n) is 14.8. The topological polar surface area (TPSA) is 52.6 Å². The van der Waals surface area contributed by atoms with Crippen LogP contribution in [0.1, 0.15) is 26.3 Å². The number of carbonyl (C=O) groups excluding carboxylic acids is 2. The number of carbonyl (C=O) groups is 2. The van der Waals surface area contributed by atoms with Gasteiger partial charge in [0.05, 0.1) is 7.11 Å². The Hall–Kier alpha value is -3.66. The van der Waals surface area contributed by atoms with Crippen LogP contribution in [0, 0.1) is 0 Å². The molecule has 3 aromatic carbocycles. The third-order valence-corrected chi connectivity index (χ3v) is 3.88. The molecular weight excluding hydrogens is 340 g/mol. The summed E-state index contributed by atoms with van der Waals surface area (Å²) in [5, 5.41) is 0. The van der Waals surface area contributed by atoms with Crippen molar-refractivity contribution in [3.05, 3.63) is 102 Å². The number of esters is 1. The lowest BCUT2D eigenvalue weighted by Crippen LogP contribution is -2.10. The average molecular weight is 358 g/mol. The molecule has 4 heteroatoms. The second-order valence-corrected chi connectivity index (χ2v) is 5.73. The molecule has 0 aromatic heterocycles. The van der Waals surface area contributed by atoms with Crippen LogP contribution in [-0.4, -0.2) is 18.9 Å². The molecule has 0 fully saturated rings. The Morgan fingerprint density at radius 3 is 2.37 bits per heavy atom. The molecule has 0 unspecified atom stereocenters. The van der Waals surface area contributed by atoms with E-state index in [1.54, 1.807) is 60.7 Å². The molecule has 0 aliphatic rings. The second kappa shape index (κ2) is 8.63. The lowest BCUT2D eigenvalue weighted by Gasteiger charge is -2.08. The van der Waals surface area contributed by atoms with Crippen molar-refractivity contribution in [3.8, 4) is 11.5 Å². The maximum atomic E-state index is 12.4. The van der Waals surface area contributed by atoms with Gasteiger partial charge in [-0.3, -0.25) is 4.79 Å². The first-order valence-corrected chi connectivity index (χ1v) is 8.40. The smallest absolute Gasteiger partial charge is 0.347 e. The van der Waals surface area contributed by atoms with Crippen LogP contribution in [0.15, 0.2) is 84.9 Å². The molecule has 0 spiro atoms. The Morgan fingerprint density at radius 2 is 1.59 bits per heavy atom. The Bertz CT molecular complexity index is 974. The van der Waals surface area contributed by atoms with Crippen LogP contribution in [0.5, 0.6) is 11.5 Å². The lowest BCUT2D eigenvalue weighted by molar-refractivity contribution is 0.0731. The Labute approximate surface area is 157 Å². The third kappa shape index (κ3) is 4.70. The Balaban J connectivity index is 1.73. The first-order chi connectivity index (χ1) is 13.2. The molecule has 4 nitrogen and oxygen atoms in total. The summed E-state index contributed by atoms with van der Waals surface area (Å²) in [6, 6.07) is 22.9. The molecule has 0 heterocycles. The predicted octanol–water partition coefficient (Wildman–Crippen LogP) is 4.81. The highest BCUT2D eigenvalue weighted by atomic mass is 16.5. The zero-order chi connectivity index (χ0) is 19.1. The fraction of sp³-hybridized carbons (Fsp3) is 0.0435. The van der Waals surface area contributed by atoms with Crippen LogP contribution in [0.3, 0.4) is 0 Å². The molecule has 134 valence electrons. The number of allylic oxidation sites excluding steroid dienone is 1. The fourth-order valence-electron chi connectivity index (χ4n) is 2.53. The summed E-state index contributed by atoms with van der Waals surface area (Å²) in [4.78, 5) is 24.5. The number of rotatable bonds is 6. The minimum atomic E-state index is -0.506. The van der Waals surface area contributed by atoms with Gasteiger partial charge in [0.1, 0.15) is 17.1 Å². The molecule has 0 radical (unpaired) electrons. The van der Waals surface area contributed by atoms with E-state index in [-0.39, 0.29) is 5.78 Å². The molecule has 0 aliphatic heterocycles. The van der Waals surface area contributed by atoms with Gasteiger partial charge in [0.2, 0.25) is 0 Å². The van der Waals surface area contributed by atoms with Gasteiger partial charge >= 0.3 is 5.97 Å². The van der Waals surface area contributed by atoms with Gasteiger partial charge in [0.25, 0.3) is 0 Å². The van der Waals surface area contributed by atoms with Gasteiger partial charge in [-0.2, -0.15) is 0 Å². The van der Waals surface area contributed by atoms with Gasteiger partial charge < -0.3 is 9.47 Å². The van der Waals surface area contributed by atoms with E-state index in [9.17, 15) is 9.59 Å². The number of para-hydroxylation sites is 1. The number of ether oxygens (including phenoxy) is 2. The summed E-state index contributed by atoms with van der Waals surface area (Å²) in [5.41, 5.74) is 1.72. The molecule has 3 rings (SSSR count). The van der Waals surface area contributed by atoms with Gasteiger partial charge in [-0.1, -0.05) is 60.7 Å². The van der Waals surface area contributed by atoms with Crippen molar-refractivity contribution in [3.63, 3.8) is 0 Å². The summed E-state index contributed by atoms with van der Waals surface area (Å²) in [5.74, 6) is 0.244. The van der Waals surface area contributed by atoms with Crippen molar-refractivity contribution in [2.45, 2.75) is 0 Å². The molecular formula is C23H18O4. The fourth-order valence-corrected chi connectivity index (χ4v) is 2.53. The number of methoxy groups -OCH3 is 1. The predicted molar refractivity (Wildman–Crippen MR) is 104 cm³/mol. The molecule has 27 heavy (non-hydrogen) atoms. The zero-order valence-corrected chi connectivity index (χ0v) is 14.8. The first-order valence-electron chi connectivity index (χ1n) is 8.40. The quantitative estimate of drug-likeness (QED) is 0.275. The molecule has 0 saturated carbocycles. The minimum Gasteiger partial charge on any atom is -0.496 e. The summed E-state index contributed by atoms with van der Waals surface area (Å²) in [7, 11) is 1.50. The van der Waals surface area contributed by atoms with Crippen LogP contribution in [0.2, 0.25) is 0 Å². The normalized spacial score (nSPS) is 10.6. The van der Waals surface area contributed by atoms with E-state index in [0.717, 1.165) is 5.56 Å². The SMILES string of the molecule is COc1ccccc1C(=O)Oc1cccc(/C=C/C(=O)c2ccccc2)c1. The highest BCUT2D eigenvalue weighted by molar-refractivity contribution is 6.06.